The molecule has 7 nitrogen and oxygen atoms in total. The Kier molecular flexibility index (Phi) is 3.09. The van der Waals surface area contributed by atoms with E-state index in [1.807, 2.05) is 0 Å². The van der Waals surface area contributed by atoms with Crippen molar-refractivity contribution in [1.29, 1.82) is 0 Å². The normalized spacial score (nSPS) is 14.4. The van der Waals surface area contributed by atoms with Crippen LogP contribution in [0.4, 0.5) is 0 Å². The van der Waals surface area contributed by atoms with E-state index in [0.717, 1.165) is 12.8 Å². The quantitative estimate of drug-likeness (QED) is 0.871. The average molecular weight is 274 g/mol. The monoisotopic (exact) mass is 274 g/mol. The lowest BCUT2D eigenvalue weighted by atomic mass is 10.2. The first-order valence-electron chi connectivity index (χ1n) is 6.47. The van der Waals surface area contributed by atoms with Crippen LogP contribution in [0.1, 0.15) is 29.6 Å². The molecule has 0 atom stereocenters. The number of carbonyl (C=O) groups is 2. The Labute approximate surface area is 114 Å². The third-order valence-electron chi connectivity index (χ3n) is 3.37. The molecule has 1 amide bonds. The maximum Gasteiger partial charge on any atom is 0.305 e. The fraction of sp³-hybridized carbons (Fsp3) is 0.385. The predicted molar refractivity (Wildman–Crippen MR) is 69.3 cm³/mol. The van der Waals surface area contributed by atoms with Crippen LogP contribution in [0.15, 0.2) is 24.8 Å². The van der Waals surface area contributed by atoms with E-state index in [9.17, 15) is 9.59 Å². The van der Waals surface area contributed by atoms with Crippen LogP contribution in [-0.2, 0) is 4.79 Å². The van der Waals surface area contributed by atoms with Crippen molar-refractivity contribution in [2.24, 2.45) is 0 Å². The van der Waals surface area contributed by atoms with Crippen LogP contribution in [-0.4, -0.2) is 49.1 Å². The summed E-state index contributed by atoms with van der Waals surface area (Å²) in [5.74, 6) is -1.07. The number of aromatic nitrogens is 3. The SMILES string of the molecule is O=C(O)CCN(C(=O)c1cnn2ccncc12)C1CC1. The van der Waals surface area contributed by atoms with Crippen LogP contribution in [0.3, 0.4) is 0 Å². The second-order valence-corrected chi connectivity index (χ2v) is 4.84. The van der Waals surface area contributed by atoms with Crippen LogP contribution >= 0.6 is 0 Å². The van der Waals surface area contributed by atoms with Crippen molar-refractivity contribution >= 4 is 17.4 Å². The molecule has 0 radical (unpaired) electrons. The molecule has 3 rings (SSSR count). The molecule has 0 aliphatic heterocycles. The molecule has 0 unspecified atom stereocenters. The summed E-state index contributed by atoms with van der Waals surface area (Å²) in [6.45, 7) is 0.233. The van der Waals surface area contributed by atoms with Crippen molar-refractivity contribution in [1.82, 2.24) is 19.5 Å². The van der Waals surface area contributed by atoms with Crippen LogP contribution in [0.5, 0.6) is 0 Å². The van der Waals surface area contributed by atoms with Gasteiger partial charge in [0.2, 0.25) is 0 Å². The van der Waals surface area contributed by atoms with Crippen molar-refractivity contribution in [2.75, 3.05) is 6.54 Å². The Hall–Kier alpha value is -2.44. The largest absolute Gasteiger partial charge is 0.481 e. The molecule has 1 N–H and O–H groups in total. The zero-order chi connectivity index (χ0) is 14.1. The summed E-state index contributed by atoms with van der Waals surface area (Å²) in [4.78, 5) is 28.9. The van der Waals surface area contributed by atoms with E-state index >= 15 is 0 Å². The van der Waals surface area contributed by atoms with Gasteiger partial charge in [0.25, 0.3) is 5.91 Å². The van der Waals surface area contributed by atoms with Gasteiger partial charge in [0.15, 0.2) is 0 Å². The third kappa shape index (κ3) is 2.34. The van der Waals surface area contributed by atoms with Gasteiger partial charge in [-0.1, -0.05) is 0 Å². The Morgan fingerprint density at radius 3 is 2.90 bits per heavy atom. The highest BCUT2D eigenvalue weighted by Gasteiger charge is 2.34. The van der Waals surface area contributed by atoms with Crippen LogP contribution in [0.2, 0.25) is 0 Å². The zero-order valence-electron chi connectivity index (χ0n) is 10.8. The molecule has 0 saturated heterocycles. The molecule has 0 bridgehead atoms. The van der Waals surface area contributed by atoms with Gasteiger partial charge in [-0.3, -0.25) is 14.6 Å². The first-order valence-corrected chi connectivity index (χ1v) is 6.47. The van der Waals surface area contributed by atoms with E-state index in [1.54, 1.807) is 28.0 Å². The average Bonchev–Trinajstić information content (AvgIpc) is 3.17. The molecule has 1 fully saturated rings. The lowest BCUT2D eigenvalue weighted by Crippen LogP contribution is -2.34. The first kappa shape index (κ1) is 12.6. The lowest BCUT2D eigenvalue weighted by Gasteiger charge is -2.21. The molecule has 2 aromatic heterocycles. The number of carboxylic acids is 1. The molecule has 20 heavy (non-hydrogen) atoms. The van der Waals surface area contributed by atoms with E-state index in [2.05, 4.69) is 10.1 Å². The van der Waals surface area contributed by atoms with Crippen LogP contribution in [0.25, 0.3) is 5.52 Å². The molecular weight excluding hydrogens is 260 g/mol. The van der Waals surface area contributed by atoms with E-state index < -0.39 is 5.97 Å². The summed E-state index contributed by atoms with van der Waals surface area (Å²) >= 11 is 0. The second-order valence-electron chi connectivity index (χ2n) is 4.84. The second kappa shape index (κ2) is 4.92. The van der Waals surface area contributed by atoms with Gasteiger partial charge in [0, 0.05) is 25.0 Å². The lowest BCUT2D eigenvalue weighted by molar-refractivity contribution is -0.137. The minimum atomic E-state index is -0.898. The predicted octanol–water partition coefficient (Wildman–Crippen LogP) is 0.809. The number of fused-ring (bicyclic) bond motifs is 1. The van der Waals surface area contributed by atoms with E-state index in [0.29, 0.717) is 11.1 Å². The van der Waals surface area contributed by atoms with Gasteiger partial charge in [-0.2, -0.15) is 5.10 Å². The first-order chi connectivity index (χ1) is 9.66. The molecule has 1 saturated carbocycles. The van der Waals surface area contributed by atoms with Crippen LogP contribution < -0.4 is 0 Å². The highest BCUT2D eigenvalue weighted by molar-refractivity contribution is 6.00. The smallest absolute Gasteiger partial charge is 0.305 e. The van der Waals surface area contributed by atoms with E-state index in [1.165, 1.54) is 6.20 Å². The van der Waals surface area contributed by atoms with E-state index in [4.69, 9.17) is 5.11 Å². The summed E-state index contributed by atoms with van der Waals surface area (Å²) in [6, 6.07) is 0.161. The number of aliphatic carboxylic acids is 1. The third-order valence-corrected chi connectivity index (χ3v) is 3.37. The summed E-state index contributed by atoms with van der Waals surface area (Å²) in [5, 5.41) is 12.9. The molecule has 0 aromatic carbocycles. The fourth-order valence-corrected chi connectivity index (χ4v) is 2.21. The standard InChI is InChI=1S/C13H14N4O3/c18-12(19)3-5-16(9-1-2-9)13(20)10-7-15-17-6-4-14-8-11(10)17/h4,6-9H,1-3,5H2,(H,18,19). The van der Waals surface area contributed by atoms with E-state index in [-0.39, 0.29) is 24.9 Å². The number of carboxylic acid groups (broad SMARTS) is 1. The summed E-state index contributed by atoms with van der Waals surface area (Å²) < 4.78 is 1.59. The number of hydrogen-bond acceptors (Lipinski definition) is 4. The van der Waals surface area contributed by atoms with Crippen molar-refractivity contribution in [3.8, 4) is 0 Å². The highest BCUT2D eigenvalue weighted by atomic mass is 16.4. The number of hydrogen-bond donors (Lipinski definition) is 1. The van der Waals surface area contributed by atoms with Crippen LogP contribution in [0, 0.1) is 0 Å². The topological polar surface area (TPSA) is 87.8 Å². The molecule has 104 valence electrons. The number of nitrogens with zero attached hydrogens (tertiary/aromatic N) is 4. The highest BCUT2D eigenvalue weighted by Crippen LogP contribution is 2.29. The van der Waals surface area contributed by atoms with Gasteiger partial charge in [0.1, 0.15) is 0 Å². The molecular formula is C13H14N4O3. The van der Waals surface area contributed by atoms with Gasteiger partial charge < -0.3 is 10.0 Å². The van der Waals surface area contributed by atoms with Crippen molar-refractivity contribution in [3.05, 3.63) is 30.4 Å². The van der Waals surface area contributed by atoms with Gasteiger partial charge >= 0.3 is 5.97 Å². The molecule has 2 heterocycles. The molecule has 0 spiro atoms. The Balaban J connectivity index is 1.87. The maximum atomic E-state index is 12.6. The van der Waals surface area contributed by atoms with Crippen molar-refractivity contribution in [3.63, 3.8) is 0 Å². The molecule has 1 aliphatic carbocycles. The zero-order valence-corrected chi connectivity index (χ0v) is 10.8. The van der Waals surface area contributed by atoms with Gasteiger partial charge in [-0.15, -0.1) is 0 Å². The van der Waals surface area contributed by atoms with Crippen molar-refractivity contribution < 1.29 is 14.7 Å². The Morgan fingerprint density at radius 1 is 1.40 bits per heavy atom. The summed E-state index contributed by atoms with van der Waals surface area (Å²) in [6.07, 6.45) is 8.19. The number of carbonyl (C=O) groups excluding carboxylic acids is 1. The van der Waals surface area contributed by atoms with Gasteiger partial charge in [0.05, 0.1) is 29.9 Å². The Bertz CT molecular complexity index is 662. The molecule has 7 heteroatoms. The number of rotatable bonds is 5. The summed E-state index contributed by atoms with van der Waals surface area (Å²) in [5.41, 5.74) is 1.11. The number of amides is 1. The van der Waals surface area contributed by atoms with Gasteiger partial charge in [-0.05, 0) is 12.8 Å². The minimum Gasteiger partial charge on any atom is -0.481 e. The molecule has 1 aliphatic rings. The van der Waals surface area contributed by atoms with Gasteiger partial charge in [-0.25, -0.2) is 4.52 Å². The summed E-state index contributed by atoms with van der Waals surface area (Å²) in [7, 11) is 0. The molecule has 2 aromatic rings. The fourth-order valence-electron chi connectivity index (χ4n) is 2.21. The minimum absolute atomic E-state index is 0.0420. The van der Waals surface area contributed by atoms with Crippen molar-refractivity contribution in [2.45, 2.75) is 25.3 Å². The Morgan fingerprint density at radius 2 is 2.20 bits per heavy atom. The maximum absolute atomic E-state index is 12.6.